The van der Waals surface area contributed by atoms with Crippen LogP contribution >= 0.6 is 0 Å². The second-order valence-electron chi connectivity index (χ2n) is 18.3. The summed E-state index contributed by atoms with van der Waals surface area (Å²) in [5.41, 5.74) is 0. The lowest BCUT2D eigenvalue weighted by Gasteiger charge is -2.40. The van der Waals surface area contributed by atoms with E-state index in [1.807, 2.05) is 6.08 Å². The van der Waals surface area contributed by atoms with Gasteiger partial charge in [0.25, 0.3) is 0 Å². The van der Waals surface area contributed by atoms with E-state index >= 15 is 0 Å². The number of rotatable bonds is 44. The van der Waals surface area contributed by atoms with Gasteiger partial charge in [0, 0.05) is 6.42 Å². The molecule has 7 unspecified atom stereocenters. The first-order valence-corrected chi connectivity index (χ1v) is 25.9. The summed E-state index contributed by atoms with van der Waals surface area (Å²) in [5, 5.41) is 53.9. The smallest absolute Gasteiger partial charge is 0.220 e. The zero-order chi connectivity index (χ0) is 43.7. The van der Waals surface area contributed by atoms with Crippen LogP contribution in [-0.2, 0) is 14.3 Å². The van der Waals surface area contributed by atoms with Crippen LogP contribution in [0.4, 0.5) is 0 Å². The molecule has 0 radical (unpaired) electrons. The standard InChI is InChI=1S/C51H99NO8/c1-3-5-7-9-10-11-12-13-14-15-16-17-18-19-20-21-22-23-24-25-26-27-28-29-30-31-32-33-34-35-37-38-40-45(54)44(52-47(55)41-39-36-8-6-4-2)43-59-51-50(58)49(57)48(56)46(42-53)60-51/h38,40,44-46,48-51,53-54,56-58H,3-37,39,41-43H2,1-2H3,(H,52,55)/b40-38+. The monoisotopic (exact) mass is 854 g/mol. The van der Waals surface area contributed by atoms with Crippen molar-refractivity contribution in [2.45, 2.75) is 294 Å². The van der Waals surface area contributed by atoms with Gasteiger partial charge >= 0.3 is 0 Å². The highest BCUT2D eigenvalue weighted by Crippen LogP contribution is 2.23. The Morgan fingerprint density at radius 3 is 1.30 bits per heavy atom. The highest BCUT2D eigenvalue weighted by atomic mass is 16.7. The Kier molecular flexibility index (Phi) is 39.8. The van der Waals surface area contributed by atoms with Gasteiger partial charge in [-0.25, -0.2) is 0 Å². The summed E-state index contributed by atoms with van der Waals surface area (Å²) in [6, 6.07) is -0.796. The van der Waals surface area contributed by atoms with Crippen LogP contribution < -0.4 is 5.32 Å². The largest absolute Gasteiger partial charge is 0.394 e. The second kappa shape index (κ2) is 41.9. The molecule has 1 fully saturated rings. The summed E-state index contributed by atoms with van der Waals surface area (Å²) >= 11 is 0. The third-order valence-electron chi connectivity index (χ3n) is 12.6. The van der Waals surface area contributed by atoms with Crippen molar-refractivity contribution >= 4 is 5.91 Å². The fourth-order valence-electron chi connectivity index (χ4n) is 8.45. The number of carbonyl (C=O) groups is 1. The van der Waals surface area contributed by atoms with Crippen molar-refractivity contribution in [1.29, 1.82) is 0 Å². The number of nitrogens with one attached hydrogen (secondary N) is 1. The SMILES string of the molecule is CCCCCCCCCCCCCCCCCCCCCCCCCCCCCCCC/C=C/C(O)C(COC1OC(CO)C(O)C(O)C1O)NC(=O)CCCCCCC. The zero-order valence-electron chi connectivity index (χ0n) is 39.2. The first-order valence-electron chi connectivity index (χ1n) is 25.9. The molecule has 1 rings (SSSR count). The highest BCUT2D eigenvalue weighted by molar-refractivity contribution is 5.76. The number of allylic oxidation sites excluding steroid dienone is 1. The van der Waals surface area contributed by atoms with Gasteiger partial charge in [-0.15, -0.1) is 0 Å². The molecule has 7 atom stereocenters. The van der Waals surface area contributed by atoms with Crippen molar-refractivity contribution in [3.05, 3.63) is 12.2 Å². The maximum atomic E-state index is 12.7. The number of hydrogen-bond donors (Lipinski definition) is 6. The van der Waals surface area contributed by atoms with E-state index in [4.69, 9.17) is 9.47 Å². The van der Waals surface area contributed by atoms with E-state index in [0.717, 1.165) is 51.4 Å². The Labute approximate surface area is 369 Å². The minimum absolute atomic E-state index is 0.185. The molecule has 0 bridgehead atoms. The van der Waals surface area contributed by atoms with Crippen molar-refractivity contribution in [1.82, 2.24) is 5.32 Å². The van der Waals surface area contributed by atoms with Gasteiger partial charge in [-0.1, -0.05) is 238 Å². The van der Waals surface area contributed by atoms with Crippen molar-refractivity contribution in [3.8, 4) is 0 Å². The Hall–Kier alpha value is -1.07. The van der Waals surface area contributed by atoms with Gasteiger partial charge in [0.1, 0.15) is 24.4 Å². The van der Waals surface area contributed by atoms with Crippen LogP contribution in [-0.4, -0.2) is 87.5 Å². The van der Waals surface area contributed by atoms with E-state index < -0.39 is 49.5 Å². The molecule has 0 saturated carbocycles. The molecular formula is C51H99NO8. The summed E-state index contributed by atoms with van der Waals surface area (Å²) in [5.74, 6) is -0.188. The van der Waals surface area contributed by atoms with Gasteiger partial charge < -0.3 is 40.3 Å². The van der Waals surface area contributed by atoms with Crippen molar-refractivity contribution < 1.29 is 39.8 Å². The molecule has 0 aromatic rings. The van der Waals surface area contributed by atoms with Crippen LogP contribution in [0.1, 0.15) is 251 Å². The summed E-state index contributed by atoms with van der Waals surface area (Å²) in [7, 11) is 0. The van der Waals surface area contributed by atoms with Gasteiger partial charge in [-0.2, -0.15) is 0 Å². The van der Waals surface area contributed by atoms with Crippen molar-refractivity contribution in [2.75, 3.05) is 13.2 Å². The molecule has 9 heteroatoms. The normalized spacial score (nSPS) is 20.6. The van der Waals surface area contributed by atoms with E-state index in [-0.39, 0.29) is 12.5 Å². The molecule has 356 valence electrons. The van der Waals surface area contributed by atoms with Crippen LogP contribution in [0, 0.1) is 0 Å². The van der Waals surface area contributed by atoms with Crippen LogP contribution in [0.15, 0.2) is 12.2 Å². The molecule has 0 spiro atoms. The number of aliphatic hydroxyl groups is 5. The second-order valence-corrected chi connectivity index (χ2v) is 18.3. The molecule has 6 N–H and O–H groups in total. The van der Waals surface area contributed by atoms with Gasteiger partial charge in [-0.3, -0.25) is 4.79 Å². The van der Waals surface area contributed by atoms with Gasteiger partial charge in [-0.05, 0) is 19.3 Å². The van der Waals surface area contributed by atoms with Crippen molar-refractivity contribution in [3.63, 3.8) is 0 Å². The number of aliphatic hydroxyl groups excluding tert-OH is 5. The molecule has 1 saturated heterocycles. The Morgan fingerprint density at radius 1 is 0.550 bits per heavy atom. The van der Waals surface area contributed by atoms with Crippen LogP contribution in [0.5, 0.6) is 0 Å². The maximum Gasteiger partial charge on any atom is 0.220 e. The van der Waals surface area contributed by atoms with Gasteiger partial charge in [0.2, 0.25) is 5.91 Å². The topological polar surface area (TPSA) is 149 Å². The fourth-order valence-corrected chi connectivity index (χ4v) is 8.45. The summed E-state index contributed by atoms with van der Waals surface area (Å²) in [4.78, 5) is 12.7. The average molecular weight is 854 g/mol. The third kappa shape index (κ3) is 31.7. The highest BCUT2D eigenvalue weighted by Gasteiger charge is 2.44. The third-order valence-corrected chi connectivity index (χ3v) is 12.6. The first kappa shape index (κ1) is 56.9. The number of ether oxygens (including phenoxy) is 2. The predicted molar refractivity (Wildman–Crippen MR) is 249 cm³/mol. The van der Waals surface area contributed by atoms with Crippen LogP contribution in [0.2, 0.25) is 0 Å². The number of amides is 1. The molecule has 1 aliphatic rings. The van der Waals surface area contributed by atoms with E-state index in [2.05, 4.69) is 19.2 Å². The molecule has 60 heavy (non-hydrogen) atoms. The summed E-state index contributed by atoms with van der Waals surface area (Å²) in [6.07, 6.45) is 43.5. The molecular weight excluding hydrogens is 755 g/mol. The minimum atomic E-state index is -1.56. The van der Waals surface area contributed by atoms with Crippen LogP contribution in [0.3, 0.4) is 0 Å². The Morgan fingerprint density at radius 2 is 0.917 bits per heavy atom. The summed E-state index contributed by atoms with van der Waals surface area (Å²) < 4.78 is 11.1. The Balaban J connectivity index is 2.04. The molecule has 0 aliphatic carbocycles. The van der Waals surface area contributed by atoms with E-state index in [0.29, 0.717) is 6.42 Å². The predicted octanol–water partition coefficient (Wildman–Crippen LogP) is 11.7. The molecule has 0 aromatic carbocycles. The quantitative estimate of drug-likeness (QED) is 0.0262. The minimum Gasteiger partial charge on any atom is -0.394 e. The average Bonchev–Trinajstić information content (AvgIpc) is 3.25. The lowest BCUT2D eigenvalue weighted by molar-refractivity contribution is -0.302. The fraction of sp³-hybridized carbons (Fsp3) is 0.941. The Bertz CT molecular complexity index is 950. The van der Waals surface area contributed by atoms with Gasteiger partial charge in [0.05, 0.1) is 25.4 Å². The zero-order valence-corrected chi connectivity index (χ0v) is 39.2. The number of carbonyl (C=O) groups excluding carboxylic acids is 1. The molecule has 9 nitrogen and oxygen atoms in total. The lowest BCUT2D eigenvalue weighted by atomic mass is 9.99. The van der Waals surface area contributed by atoms with E-state index in [9.17, 15) is 30.3 Å². The summed E-state index contributed by atoms with van der Waals surface area (Å²) in [6.45, 7) is 3.69. The van der Waals surface area contributed by atoms with E-state index in [1.54, 1.807) is 6.08 Å². The molecule has 0 aromatic heterocycles. The van der Waals surface area contributed by atoms with Crippen LogP contribution in [0.25, 0.3) is 0 Å². The van der Waals surface area contributed by atoms with Gasteiger partial charge in [0.15, 0.2) is 6.29 Å². The number of unbranched alkanes of at least 4 members (excludes halogenated alkanes) is 34. The number of hydrogen-bond acceptors (Lipinski definition) is 8. The molecule has 1 aliphatic heterocycles. The first-order chi connectivity index (χ1) is 29.3. The maximum absolute atomic E-state index is 12.7. The lowest BCUT2D eigenvalue weighted by Crippen LogP contribution is -2.60. The van der Waals surface area contributed by atoms with E-state index in [1.165, 1.54) is 180 Å². The van der Waals surface area contributed by atoms with Crippen molar-refractivity contribution in [2.24, 2.45) is 0 Å². The molecule has 1 amide bonds. The molecule has 1 heterocycles.